The van der Waals surface area contributed by atoms with Crippen LogP contribution in [0.2, 0.25) is 0 Å². The molecule has 0 spiro atoms. The second-order valence-corrected chi connectivity index (χ2v) is 11.4. The summed E-state index contributed by atoms with van der Waals surface area (Å²) in [6.07, 6.45) is 0.838. The van der Waals surface area contributed by atoms with Gasteiger partial charge in [-0.15, -0.1) is 0 Å². The van der Waals surface area contributed by atoms with Crippen molar-refractivity contribution in [3.05, 3.63) is 108 Å². The van der Waals surface area contributed by atoms with Gasteiger partial charge >= 0.3 is 0 Å². The van der Waals surface area contributed by atoms with Crippen molar-refractivity contribution in [2.24, 2.45) is 0 Å². The second-order valence-electron chi connectivity index (χ2n) is 9.50. The maximum absolute atomic E-state index is 14.1. The second kappa shape index (κ2) is 10.7. The summed E-state index contributed by atoms with van der Waals surface area (Å²) in [5.41, 5.74) is 5.94. The van der Waals surface area contributed by atoms with Crippen LogP contribution >= 0.6 is 8.58 Å². The normalized spacial score (nSPS) is 13.4. The lowest BCUT2D eigenvalue weighted by atomic mass is 9.88. The average Bonchev–Trinajstić information content (AvgIpc) is 2.86. The van der Waals surface area contributed by atoms with Crippen LogP contribution < -0.4 is 5.30 Å². The number of hydrogen-bond acceptors (Lipinski definition) is 2. The van der Waals surface area contributed by atoms with Gasteiger partial charge < -0.3 is 10.0 Å². The Bertz CT molecular complexity index is 1290. The first-order chi connectivity index (χ1) is 16.8. The summed E-state index contributed by atoms with van der Waals surface area (Å²) in [5.74, 6) is 0.109. The van der Waals surface area contributed by atoms with Crippen LogP contribution in [-0.4, -0.2) is 24.1 Å². The summed E-state index contributed by atoms with van der Waals surface area (Å²) in [7, 11) is 4.37. The van der Waals surface area contributed by atoms with E-state index in [-0.39, 0.29) is 11.0 Å². The van der Waals surface area contributed by atoms with Crippen molar-refractivity contribution in [3.63, 3.8) is 0 Å². The van der Waals surface area contributed by atoms with E-state index in [1.165, 1.54) is 0 Å². The van der Waals surface area contributed by atoms with E-state index < -0.39 is 0 Å². The van der Waals surface area contributed by atoms with Crippen LogP contribution in [0, 0.1) is 5.82 Å². The van der Waals surface area contributed by atoms with Gasteiger partial charge in [0, 0.05) is 22.8 Å². The summed E-state index contributed by atoms with van der Waals surface area (Å²) in [4.78, 5) is 2.06. The molecule has 2 atom stereocenters. The first-order valence-electron chi connectivity index (χ1n) is 12.0. The molecule has 4 aromatic rings. The molecular weight excluding hydrogens is 452 g/mol. The molecule has 0 aliphatic rings. The van der Waals surface area contributed by atoms with Crippen molar-refractivity contribution in [1.29, 1.82) is 0 Å². The topological polar surface area (TPSA) is 23.5 Å². The lowest BCUT2D eigenvalue weighted by molar-refractivity contribution is 0.402. The first kappa shape index (κ1) is 25.1. The van der Waals surface area contributed by atoms with Gasteiger partial charge in [0.05, 0.1) is 0 Å². The average molecular weight is 486 g/mol. The predicted molar refractivity (Wildman–Crippen MR) is 148 cm³/mol. The van der Waals surface area contributed by atoms with Crippen LogP contribution in [0.5, 0.6) is 5.75 Å². The van der Waals surface area contributed by atoms with Crippen LogP contribution in [0.25, 0.3) is 22.3 Å². The van der Waals surface area contributed by atoms with E-state index in [2.05, 4.69) is 43.0 Å². The maximum Gasteiger partial charge on any atom is 0.127 e. The minimum absolute atomic E-state index is 0.214. The van der Waals surface area contributed by atoms with Gasteiger partial charge in [-0.2, -0.15) is 0 Å². The molecule has 0 aliphatic heterocycles. The number of hydrogen-bond donors (Lipinski definition) is 1. The molecule has 4 aromatic carbocycles. The highest BCUT2D eigenvalue weighted by molar-refractivity contribution is 7.48. The van der Waals surface area contributed by atoms with Crippen molar-refractivity contribution >= 4 is 13.9 Å². The Balaban J connectivity index is 1.88. The van der Waals surface area contributed by atoms with Gasteiger partial charge in [-0.25, -0.2) is 4.39 Å². The zero-order chi connectivity index (χ0) is 25.0. The molecule has 2 unspecified atom stereocenters. The SMILES string of the molecule is CCC(C)(Pc1ccc(F)cc1CN(C)C)c1cc(-c2ccccc2)cc(-c2ccccc2)c1O. The zero-order valence-electron chi connectivity index (χ0n) is 20.8. The van der Waals surface area contributed by atoms with Crippen molar-refractivity contribution in [2.45, 2.75) is 32.0 Å². The Morgan fingerprint density at radius 2 is 1.46 bits per heavy atom. The molecule has 0 fully saturated rings. The Labute approximate surface area is 210 Å². The molecular formula is C31H33FNOP. The van der Waals surface area contributed by atoms with E-state index >= 15 is 0 Å². The van der Waals surface area contributed by atoms with E-state index in [0.29, 0.717) is 20.9 Å². The van der Waals surface area contributed by atoms with Gasteiger partial charge in [-0.05, 0) is 72.3 Å². The molecule has 180 valence electrons. The summed E-state index contributed by atoms with van der Waals surface area (Å²) in [6, 6.07) is 29.7. The third-order valence-electron chi connectivity index (χ3n) is 6.57. The van der Waals surface area contributed by atoms with Gasteiger partial charge in [-0.1, -0.05) is 89.2 Å². The molecule has 4 rings (SSSR count). The number of phenolic OH excluding ortho intramolecular Hbond substituents is 1. The number of rotatable bonds is 8. The highest BCUT2D eigenvalue weighted by Gasteiger charge is 2.31. The smallest absolute Gasteiger partial charge is 0.127 e. The van der Waals surface area contributed by atoms with E-state index in [1.807, 2.05) is 68.7 Å². The standard InChI is InChI=1S/C31H33FNOP/c1-5-31(2,35-29-17-16-26(32)18-25(29)21-33(3)4)28-20-24(22-12-8-6-9-13-22)19-27(30(28)34)23-14-10-7-11-15-23/h6-20,34-35H,5,21H2,1-4H3. The van der Waals surface area contributed by atoms with Crippen molar-refractivity contribution in [3.8, 4) is 28.0 Å². The summed E-state index contributed by atoms with van der Waals surface area (Å²) in [5, 5.41) is 12.5. The maximum atomic E-state index is 14.1. The van der Waals surface area contributed by atoms with Gasteiger partial charge in [0.2, 0.25) is 0 Å². The van der Waals surface area contributed by atoms with E-state index in [0.717, 1.165) is 45.1 Å². The van der Waals surface area contributed by atoms with Crippen LogP contribution in [0.15, 0.2) is 91.0 Å². The molecule has 0 radical (unpaired) electrons. The minimum atomic E-state index is -0.322. The Hall–Kier alpha value is -3.00. The van der Waals surface area contributed by atoms with Crippen LogP contribution in [0.1, 0.15) is 31.4 Å². The quantitative estimate of drug-likeness (QED) is 0.260. The molecule has 0 saturated carbocycles. The van der Waals surface area contributed by atoms with Crippen molar-refractivity contribution in [2.75, 3.05) is 14.1 Å². The molecule has 0 bridgehead atoms. The number of aromatic hydroxyl groups is 1. The monoisotopic (exact) mass is 485 g/mol. The van der Waals surface area contributed by atoms with Gasteiger partial charge in [0.15, 0.2) is 0 Å². The van der Waals surface area contributed by atoms with Crippen LogP contribution in [-0.2, 0) is 11.7 Å². The number of benzene rings is 4. The van der Waals surface area contributed by atoms with Crippen LogP contribution in [0.3, 0.4) is 0 Å². The Morgan fingerprint density at radius 1 is 0.829 bits per heavy atom. The largest absolute Gasteiger partial charge is 0.507 e. The molecule has 0 heterocycles. The third-order valence-corrected chi connectivity index (χ3v) is 8.50. The molecule has 0 aromatic heterocycles. The highest BCUT2D eigenvalue weighted by Crippen LogP contribution is 2.51. The molecule has 0 amide bonds. The Kier molecular flexibility index (Phi) is 7.69. The molecule has 2 nitrogen and oxygen atoms in total. The number of phenols is 1. The van der Waals surface area contributed by atoms with Gasteiger partial charge in [-0.3, -0.25) is 0 Å². The molecule has 0 aliphatic carbocycles. The van der Waals surface area contributed by atoms with E-state index in [9.17, 15) is 9.50 Å². The summed E-state index contributed by atoms with van der Waals surface area (Å²) in [6.45, 7) is 5.05. The number of halogens is 1. The first-order valence-corrected chi connectivity index (χ1v) is 13.0. The lowest BCUT2D eigenvalue weighted by Gasteiger charge is -2.32. The molecule has 0 saturated heterocycles. The fourth-order valence-electron chi connectivity index (χ4n) is 4.49. The third kappa shape index (κ3) is 5.64. The lowest BCUT2D eigenvalue weighted by Crippen LogP contribution is -2.23. The van der Waals surface area contributed by atoms with Gasteiger partial charge in [0.25, 0.3) is 0 Å². The fourth-order valence-corrected chi connectivity index (χ4v) is 6.06. The van der Waals surface area contributed by atoms with E-state index in [1.54, 1.807) is 12.1 Å². The zero-order valence-corrected chi connectivity index (χ0v) is 21.8. The van der Waals surface area contributed by atoms with Crippen molar-refractivity contribution in [1.82, 2.24) is 4.90 Å². The summed E-state index contributed by atoms with van der Waals surface area (Å²) >= 11 is 0. The molecule has 4 heteroatoms. The molecule has 35 heavy (non-hydrogen) atoms. The number of nitrogens with zero attached hydrogens (tertiary/aromatic N) is 1. The predicted octanol–water partition coefficient (Wildman–Crippen LogP) is 7.56. The van der Waals surface area contributed by atoms with Crippen molar-refractivity contribution < 1.29 is 9.50 Å². The Morgan fingerprint density at radius 3 is 2.06 bits per heavy atom. The minimum Gasteiger partial charge on any atom is -0.507 e. The van der Waals surface area contributed by atoms with Crippen LogP contribution in [0.4, 0.5) is 4.39 Å². The highest BCUT2D eigenvalue weighted by atomic mass is 31.1. The molecule has 1 N–H and O–H groups in total. The van der Waals surface area contributed by atoms with Gasteiger partial charge in [0.1, 0.15) is 11.6 Å². The van der Waals surface area contributed by atoms with E-state index in [4.69, 9.17) is 0 Å². The summed E-state index contributed by atoms with van der Waals surface area (Å²) < 4.78 is 14.1. The fraction of sp³-hybridized carbons (Fsp3) is 0.226.